The van der Waals surface area contributed by atoms with Crippen LogP contribution in [0.5, 0.6) is 0 Å². The summed E-state index contributed by atoms with van der Waals surface area (Å²) in [5, 5.41) is 3.02. The molecule has 1 unspecified atom stereocenters. The summed E-state index contributed by atoms with van der Waals surface area (Å²) in [4.78, 5) is 11.3. The number of hydrogen-bond acceptors (Lipinski definition) is 3. The van der Waals surface area contributed by atoms with Gasteiger partial charge in [0, 0.05) is 19.3 Å². The van der Waals surface area contributed by atoms with Gasteiger partial charge in [-0.3, -0.25) is 4.79 Å². The van der Waals surface area contributed by atoms with Crippen molar-refractivity contribution in [3.63, 3.8) is 0 Å². The summed E-state index contributed by atoms with van der Waals surface area (Å²) >= 11 is 1.56. The third-order valence-electron chi connectivity index (χ3n) is 2.09. The third kappa shape index (κ3) is 4.52. The summed E-state index contributed by atoms with van der Waals surface area (Å²) in [6.45, 7) is 1.62. The van der Waals surface area contributed by atoms with E-state index in [1.807, 2.05) is 6.26 Å². The summed E-state index contributed by atoms with van der Waals surface area (Å²) in [7, 11) is 0. The lowest BCUT2D eigenvalue weighted by molar-refractivity contribution is -0.119. The van der Waals surface area contributed by atoms with Crippen LogP contribution in [0.2, 0.25) is 0 Å². The molecular formula is C9H17NO2S. The molecule has 4 heteroatoms. The molecule has 1 heterocycles. The van der Waals surface area contributed by atoms with E-state index in [1.54, 1.807) is 11.8 Å². The summed E-state index contributed by atoms with van der Waals surface area (Å²) < 4.78 is 5.31. The van der Waals surface area contributed by atoms with E-state index in [0.717, 1.165) is 32.5 Å². The smallest absolute Gasteiger partial charge is 0.230 e. The van der Waals surface area contributed by atoms with Gasteiger partial charge in [0.15, 0.2) is 0 Å². The zero-order chi connectivity index (χ0) is 9.52. The highest BCUT2D eigenvalue weighted by molar-refractivity contribution is 7.99. The van der Waals surface area contributed by atoms with Crippen LogP contribution in [0, 0.1) is 0 Å². The fourth-order valence-electron chi connectivity index (χ4n) is 1.45. The van der Waals surface area contributed by atoms with Crippen LogP contribution in [0.25, 0.3) is 0 Å². The lowest BCUT2D eigenvalue weighted by Crippen LogP contribution is -2.36. The lowest BCUT2D eigenvalue weighted by atomic mass is 10.1. The average Bonchev–Trinajstić information content (AvgIpc) is 2.33. The van der Waals surface area contributed by atoms with Gasteiger partial charge < -0.3 is 10.1 Å². The highest BCUT2D eigenvalue weighted by atomic mass is 32.2. The molecule has 1 aliphatic heterocycles. The van der Waals surface area contributed by atoms with E-state index >= 15 is 0 Å². The van der Waals surface area contributed by atoms with E-state index in [0.29, 0.717) is 11.8 Å². The molecule has 13 heavy (non-hydrogen) atoms. The van der Waals surface area contributed by atoms with Gasteiger partial charge in [-0.15, -0.1) is 0 Å². The van der Waals surface area contributed by atoms with Crippen molar-refractivity contribution in [2.24, 2.45) is 0 Å². The van der Waals surface area contributed by atoms with Crippen LogP contribution in [0.15, 0.2) is 0 Å². The molecule has 0 bridgehead atoms. The van der Waals surface area contributed by atoms with E-state index < -0.39 is 0 Å². The third-order valence-corrected chi connectivity index (χ3v) is 2.64. The Morgan fingerprint density at radius 2 is 2.38 bits per heavy atom. The Morgan fingerprint density at radius 3 is 3.15 bits per heavy atom. The molecule has 1 N–H and O–H groups in total. The highest BCUT2D eigenvalue weighted by Crippen LogP contribution is 2.08. The number of rotatable bonds is 3. The van der Waals surface area contributed by atoms with Crippen LogP contribution >= 0.6 is 11.8 Å². The summed E-state index contributed by atoms with van der Waals surface area (Å²) in [6.07, 6.45) is 5.01. The molecule has 0 aliphatic carbocycles. The minimum atomic E-state index is 0.152. The van der Waals surface area contributed by atoms with Crippen molar-refractivity contribution in [1.82, 2.24) is 5.32 Å². The molecule has 3 nitrogen and oxygen atoms in total. The van der Waals surface area contributed by atoms with E-state index in [2.05, 4.69) is 5.32 Å². The summed E-state index contributed by atoms with van der Waals surface area (Å²) in [6, 6.07) is 0.335. The van der Waals surface area contributed by atoms with Gasteiger partial charge in [0.2, 0.25) is 5.91 Å². The first kappa shape index (κ1) is 10.9. The first-order chi connectivity index (χ1) is 6.33. The van der Waals surface area contributed by atoms with Gasteiger partial charge in [0.25, 0.3) is 0 Å². The number of amides is 1. The van der Waals surface area contributed by atoms with Crippen molar-refractivity contribution in [2.75, 3.05) is 25.2 Å². The first-order valence-corrected chi connectivity index (χ1v) is 6.08. The van der Waals surface area contributed by atoms with Crippen molar-refractivity contribution in [3.8, 4) is 0 Å². The molecule has 1 atom stereocenters. The van der Waals surface area contributed by atoms with Gasteiger partial charge >= 0.3 is 0 Å². The Hall–Kier alpha value is -0.220. The van der Waals surface area contributed by atoms with Gasteiger partial charge in [-0.1, -0.05) is 0 Å². The van der Waals surface area contributed by atoms with E-state index in [9.17, 15) is 4.79 Å². The Morgan fingerprint density at radius 1 is 1.54 bits per heavy atom. The molecular weight excluding hydrogens is 186 g/mol. The Balaban J connectivity index is 2.21. The second-order valence-electron chi connectivity index (χ2n) is 3.24. The molecule has 76 valence electrons. The fourth-order valence-corrected chi connectivity index (χ4v) is 1.79. The maximum Gasteiger partial charge on any atom is 0.230 e. The van der Waals surface area contributed by atoms with Crippen molar-refractivity contribution in [3.05, 3.63) is 0 Å². The minimum absolute atomic E-state index is 0.152. The Bertz CT molecular complexity index is 156. The molecule has 0 radical (unpaired) electrons. The maximum atomic E-state index is 11.3. The quantitative estimate of drug-likeness (QED) is 0.744. The number of thioether (sulfide) groups is 1. The first-order valence-electron chi connectivity index (χ1n) is 4.69. The standard InChI is InChI=1S/C9H17NO2S/c1-13-7-9(11)10-8-3-2-5-12-6-4-8/h8H,2-7H2,1H3,(H,10,11). The average molecular weight is 203 g/mol. The summed E-state index contributed by atoms with van der Waals surface area (Å²) in [5.74, 6) is 0.719. The monoisotopic (exact) mass is 203 g/mol. The van der Waals surface area contributed by atoms with Crippen LogP contribution < -0.4 is 5.32 Å². The van der Waals surface area contributed by atoms with Crippen molar-refractivity contribution in [2.45, 2.75) is 25.3 Å². The van der Waals surface area contributed by atoms with Crippen LogP contribution in [-0.2, 0) is 9.53 Å². The van der Waals surface area contributed by atoms with Crippen LogP contribution in [0.3, 0.4) is 0 Å². The van der Waals surface area contributed by atoms with Gasteiger partial charge in [-0.05, 0) is 25.5 Å². The molecule has 0 saturated carbocycles. The van der Waals surface area contributed by atoms with Gasteiger partial charge in [-0.2, -0.15) is 11.8 Å². The van der Waals surface area contributed by atoms with Crippen LogP contribution in [0.4, 0.5) is 0 Å². The maximum absolute atomic E-state index is 11.3. The number of carbonyl (C=O) groups excluding carboxylic acids is 1. The highest BCUT2D eigenvalue weighted by Gasteiger charge is 2.13. The molecule has 0 aromatic carbocycles. The fraction of sp³-hybridized carbons (Fsp3) is 0.889. The molecule has 1 rings (SSSR count). The second kappa shape index (κ2) is 6.27. The Labute approximate surface area is 83.6 Å². The molecule has 1 saturated heterocycles. The molecule has 1 fully saturated rings. The zero-order valence-electron chi connectivity index (χ0n) is 8.04. The van der Waals surface area contributed by atoms with Gasteiger partial charge in [0.05, 0.1) is 5.75 Å². The Kier molecular flexibility index (Phi) is 5.23. The van der Waals surface area contributed by atoms with Crippen molar-refractivity contribution < 1.29 is 9.53 Å². The molecule has 0 aromatic rings. The summed E-state index contributed by atoms with van der Waals surface area (Å²) in [5.41, 5.74) is 0. The molecule has 1 amide bonds. The van der Waals surface area contributed by atoms with E-state index in [4.69, 9.17) is 4.74 Å². The van der Waals surface area contributed by atoms with E-state index in [1.165, 1.54) is 0 Å². The molecule has 0 aromatic heterocycles. The largest absolute Gasteiger partial charge is 0.381 e. The predicted octanol–water partition coefficient (Wildman–Crippen LogP) is 1.03. The van der Waals surface area contributed by atoms with Gasteiger partial charge in [0.1, 0.15) is 0 Å². The molecule has 1 aliphatic rings. The second-order valence-corrected chi connectivity index (χ2v) is 4.11. The van der Waals surface area contributed by atoms with Crippen molar-refractivity contribution in [1.29, 1.82) is 0 Å². The SMILES string of the molecule is CSCC(=O)NC1CCCOCC1. The number of nitrogens with one attached hydrogen (secondary N) is 1. The normalized spacial score (nSPS) is 23.6. The number of hydrogen-bond donors (Lipinski definition) is 1. The molecule has 0 spiro atoms. The number of ether oxygens (including phenoxy) is 1. The topological polar surface area (TPSA) is 38.3 Å². The number of carbonyl (C=O) groups is 1. The van der Waals surface area contributed by atoms with Crippen LogP contribution in [0.1, 0.15) is 19.3 Å². The minimum Gasteiger partial charge on any atom is -0.381 e. The lowest BCUT2D eigenvalue weighted by Gasteiger charge is -2.14. The van der Waals surface area contributed by atoms with Gasteiger partial charge in [-0.25, -0.2) is 0 Å². The van der Waals surface area contributed by atoms with Crippen molar-refractivity contribution >= 4 is 17.7 Å². The van der Waals surface area contributed by atoms with Crippen LogP contribution in [-0.4, -0.2) is 37.2 Å². The van der Waals surface area contributed by atoms with E-state index in [-0.39, 0.29) is 5.91 Å². The predicted molar refractivity (Wildman–Crippen MR) is 55.0 cm³/mol. The zero-order valence-corrected chi connectivity index (χ0v) is 8.86.